The first-order valence-electron chi connectivity index (χ1n) is 8.48. The molecule has 1 N–H and O–H groups in total. The highest BCUT2D eigenvalue weighted by Gasteiger charge is 2.22. The highest BCUT2D eigenvalue weighted by Crippen LogP contribution is 2.37. The lowest BCUT2D eigenvalue weighted by atomic mass is 9.77. The second-order valence-electron chi connectivity index (χ2n) is 6.67. The van der Waals surface area contributed by atoms with Crippen LogP contribution in [0.5, 0.6) is 0 Å². The fourth-order valence-electron chi connectivity index (χ4n) is 3.87. The molecule has 0 amide bonds. The van der Waals surface area contributed by atoms with E-state index in [0.717, 1.165) is 18.4 Å². The summed E-state index contributed by atoms with van der Waals surface area (Å²) in [5.74, 6) is -0.268. The van der Waals surface area contributed by atoms with Gasteiger partial charge in [0.25, 0.3) is 0 Å². The van der Waals surface area contributed by atoms with Crippen LogP contribution in [-0.4, -0.2) is 11.1 Å². The van der Waals surface area contributed by atoms with Crippen molar-refractivity contribution in [1.82, 2.24) is 0 Å². The minimum Gasteiger partial charge on any atom is -0.478 e. The predicted octanol–water partition coefficient (Wildman–Crippen LogP) is 5.05. The van der Waals surface area contributed by atoms with E-state index in [-0.39, 0.29) is 0 Å². The molecule has 0 bridgehead atoms. The number of fused-ring (bicyclic) bond motifs is 1. The predicted molar refractivity (Wildman–Crippen MR) is 93.3 cm³/mol. The van der Waals surface area contributed by atoms with E-state index >= 15 is 0 Å². The summed E-state index contributed by atoms with van der Waals surface area (Å²) in [5.41, 5.74) is 7.25. The lowest BCUT2D eigenvalue weighted by Gasteiger charge is -2.28. The quantitative estimate of drug-likeness (QED) is 0.857. The molecule has 2 aromatic carbocycles. The SMILES string of the molecule is Cc1ccc2c(c1C)CCCC2CCc1ccccc1C(=O)O. The number of hydrogen-bond acceptors (Lipinski definition) is 1. The van der Waals surface area contributed by atoms with Crippen molar-refractivity contribution < 1.29 is 9.90 Å². The van der Waals surface area contributed by atoms with Crippen molar-refractivity contribution in [2.24, 2.45) is 0 Å². The van der Waals surface area contributed by atoms with Gasteiger partial charge in [-0.3, -0.25) is 0 Å². The first-order valence-corrected chi connectivity index (χ1v) is 8.48. The number of aromatic carboxylic acids is 1. The van der Waals surface area contributed by atoms with Crippen LogP contribution in [0.25, 0.3) is 0 Å². The maximum atomic E-state index is 11.4. The molecule has 0 aromatic heterocycles. The fourth-order valence-corrected chi connectivity index (χ4v) is 3.87. The van der Waals surface area contributed by atoms with Crippen LogP contribution < -0.4 is 0 Å². The molecule has 0 aliphatic heterocycles. The van der Waals surface area contributed by atoms with Gasteiger partial charge < -0.3 is 5.11 Å². The second kappa shape index (κ2) is 6.57. The van der Waals surface area contributed by atoms with Gasteiger partial charge in [-0.1, -0.05) is 30.3 Å². The van der Waals surface area contributed by atoms with E-state index in [9.17, 15) is 9.90 Å². The third kappa shape index (κ3) is 3.17. The van der Waals surface area contributed by atoms with Crippen molar-refractivity contribution in [2.75, 3.05) is 0 Å². The summed E-state index contributed by atoms with van der Waals surface area (Å²) < 4.78 is 0. The van der Waals surface area contributed by atoms with Crippen LogP contribution in [0, 0.1) is 13.8 Å². The number of carboxylic acid groups (broad SMARTS) is 1. The summed E-state index contributed by atoms with van der Waals surface area (Å²) in [4.78, 5) is 11.4. The van der Waals surface area contributed by atoms with E-state index in [1.54, 1.807) is 12.1 Å². The molecule has 1 aliphatic carbocycles. The molecule has 0 spiro atoms. The maximum absolute atomic E-state index is 11.4. The smallest absolute Gasteiger partial charge is 0.335 e. The highest BCUT2D eigenvalue weighted by molar-refractivity contribution is 5.89. The molecule has 2 nitrogen and oxygen atoms in total. The number of benzene rings is 2. The molecule has 3 rings (SSSR count). The Bertz CT molecular complexity index is 731. The summed E-state index contributed by atoms with van der Waals surface area (Å²) in [7, 11) is 0. The highest BCUT2D eigenvalue weighted by atomic mass is 16.4. The average molecular weight is 308 g/mol. The van der Waals surface area contributed by atoms with Gasteiger partial charge in [-0.05, 0) is 85.8 Å². The lowest BCUT2D eigenvalue weighted by Crippen LogP contribution is -2.13. The van der Waals surface area contributed by atoms with Crippen molar-refractivity contribution in [3.8, 4) is 0 Å². The van der Waals surface area contributed by atoms with Crippen LogP contribution in [0.15, 0.2) is 36.4 Å². The van der Waals surface area contributed by atoms with Crippen LogP contribution in [0.2, 0.25) is 0 Å². The Balaban J connectivity index is 1.81. The number of carbonyl (C=O) groups is 1. The molecule has 1 atom stereocenters. The summed E-state index contributed by atoms with van der Waals surface area (Å²) in [6.07, 6.45) is 5.50. The van der Waals surface area contributed by atoms with Crippen molar-refractivity contribution >= 4 is 5.97 Å². The molecular formula is C21H24O2. The van der Waals surface area contributed by atoms with E-state index in [1.807, 2.05) is 12.1 Å². The Morgan fingerprint density at radius 1 is 1.17 bits per heavy atom. The normalized spacial score (nSPS) is 16.9. The Labute approximate surface area is 138 Å². The molecule has 2 heteroatoms. The average Bonchev–Trinajstić information content (AvgIpc) is 2.56. The van der Waals surface area contributed by atoms with E-state index < -0.39 is 5.97 Å². The van der Waals surface area contributed by atoms with E-state index in [4.69, 9.17) is 0 Å². The van der Waals surface area contributed by atoms with Gasteiger partial charge in [-0.15, -0.1) is 0 Å². The van der Waals surface area contributed by atoms with Crippen molar-refractivity contribution in [3.63, 3.8) is 0 Å². The summed E-state index contributed by atoms with van der Waals surface area (Å²) in [5, 5.41) is 9.33. The molecule has 2 aromatic rings. The number of hydrogen-bond donors (Lipinski definition) is 1. The number of aryl methyl sites for hydroxylation is 2. The van der Waals surface area contributed by atoms with Gasteiger partial charge in [0.15, 0.2) is 0 Å². The monoisotopic (exact) mass is 308 g/mol. The Hall–Kier alpha value is -2.09. The minimum atomic E-state index is -0.823. The zero-order valence-electron chi connectivity index (χ0n) is 13.9. The topological polar surface area (TPSA) is 37.3 Å². The molecule has 0 saturated heterocycles. The van der Waals surface area contributed by atoms with Crippen molar-refractivity contribution in [1.29, 1.82) is 0 Å². The third-order valence-corrected chi connectivity index (χ3v) is 5.33. The standard InChI is InChI=1S/C21H24O2/c1-14-10-13-19-16(7-5-9-18(19)15(14)2)11-12-17-6-3-4-8-20(17)21(22)23/h3-4,6,8,10,13,16H,5,7,9,11-12H2,1-2H3,(H,22,23). The lowest BCUT2D eigenvalue weighted by molar-refractivity contribution is 0.0695. The largest absolute Gasteiger partial charge is 0.478 e. The van der Waals surface area contributed by atoms with Gasteiger partial charge in [0.1, 0.15) is 0 Å². The van der Waals surface area contributed by atoms with Gasteiger partial charge in [0.2, 0.25) is 0 Å². The molecule has 0 radical (unpaired) electrons. The Morgan fingerprint density at radius 2 is 1.96 bits per heavy atom. The molecule has 1 unspecified atom stereocenters. The molecule has 1 aliphatic rings. The Morgan fingerprint density at radius 3 is 2.74 bits per heavy atom. The molecule has 0 heterocycles. The molecule has 23 heavy (non-hydrogen) atoms. The van der Waals surface area contributed by atoms with Gasteiger partial charge in [-0.2, -0.15) is 0 Å². The van der Waals surface area contributed by atoms with E-state index in [2.05, 4.69) is 26.0 Å². The van der Waals surface area contributed by atoms with Gasteiger partial charge in [-0.25, -0.2) is 4.79 Å². The molecule has 0 saturated carbocycles. The maximum Gasteiger partial charge on any atom is 0.335 e. The zero-order valence-corrected chi connectivity index (χ0v) is 13.9. The van der Waals surface area contributed by atoms with Gasteiger partial charge >= 0.3 is 5.97 Å². The number of carboxylic acids is 1. The summed E-state index contributed by atoms with van der Waals surface area (Å²) in [6, 6.07) is 11.9. The molecular weight excluding hydrogens is 284 g/mol. The van der Waals surface area contributed by atoms with Crippen molar-refractivity contribution in [3.05, 3.63) is 69.8 Å². The van der Waals surface area contributed by atoms with Gasteiger partial charge in [0.05, 0.1) is 5.56 Å². The van der Waals surface area contributed by atoms with Crippen LogP contribution >= 0.6 is 0 Å². The van der Waals surface area contributed by atoms with Crippen LogP contribution in [0.4, 0.5) is 0 Å². The third-order valence-electron chi connectivity index (χ3n) is 5.33. The van der Waals surface area contributed by atoms with Crippen molar-refractivity contribution in [2.45, 2.75) is 51.9 Å². The number of rotatable bonds is 4. The summed E-state index contributed by atoms with van der Waals surface area (Å²) in [6.45, 7) is 4.42. The minimum absolute atomic E-state index is 0.448. The molecule has 120 valence electrons. The van der Waals surface area contributed by atoms with E-state index in [1.165, 1.54) is 41.5 Å². The first kappa shape index (κ1) is 15.8. The van der Waals surface area contributed by atoms with Crippen LogP contribution in [0.3, 0.4) is 0 Å². The zero-order chi connectivity index (χ0) is 16.4. The first-order chi connectivity index (χ1) is 11.1. The fraction of sp³-hybridized carbons (Fsp3) is 0.381. The Kier molecular flexibility index (Phi) is 4.51. The van der Waals surface area contributed by atoms with Crippen LogP contribution in [-0.2, 0) is 12.8 Å². The van der Waals surface area contributed by atoms with E-state index in [0.29, 0.717) is 11.5 Å². The van der Waals surface area contributed by atoms with Gasteiger partial charge in [0, 0.05) is 0 Å². The summed E-state index contributed by atoms with van der Waals surface area (Å²) >= 11 is 0. The molecule has 0 fully saturated rings. The van der Waals surface area contributed by atoms with Crippen LogP contribution in [0.1, 0.15) is 63.4 Å². The second-order valence-corrected chi connectivity index (χ2v) is 6.67.